The summed E-state index contributed by atoms with van der Waals surface area (Å²) in [7, 11) is 0. The molecular formula is C56H41N. The second-order valence-electron chi connectivity index (χ2n) is 16.3. The first-order chi connectivity index (χ1) is 28.2. The van der Waals surface area contributed by atoms with Crippen molar-refractivity contribution in [3.05, 3.63) is 234 Å². The predicted octanol–water partition coefficient (Wildman–Crippen LogP) is 14.7. The average molecular weight is 728 g/mol. The van der Waals surface area contributed by atoms with Crippen molar-refractivity contribution in [2.75, 3.05) is 4.90 Å². The molecule has 0 saturated heterocycles. The molecule has 0 heterocycles. The lowest BCUT2D eigenvalue weighted by atomic mass is 9.67. The summed E-state index contributed by atoms with van der Waals surface area (Å²) in [5.74, 6) is 0. The Morgan fingerprint density at radius 3 is 1.54 bits per heavy atom. The fourth-order valence-corrected chi connectivity index (χ4v) is 11.3. The van der Waals surface area contributed by atoms with E-state index in [1.165, 1.54) is 109 Å². The molecule has 0 unspecified atom stereocenters. The van der Waals surface area contributed by atoms with Crippen molar-refractivity contribution in [2.45, 2.75) is 36.5 Å². The molecule has 1 fully saturated rings. The van der Waals surface area contributed by atoms with Crippen molar-refractivity contribution in [1.82, 2.24) is 0 Å². The van der Waals surface area contributed by atoms with Gasteiger partial charge in [-0.15, -0.1) is 0 Å². The van der Waals surface area contributed by atoms with Crippen LogP contribution in [0.4, 0.5) is 17.1 Å². The number of fused-ring (bicyclic) bond motifs is 11. The molecule has 0 aliphatic heterocycles. The Balaban J connectivity index is 1.12. The second-order valence-corrected chi connectivity index (χ2v) is 16.3. The van der Waals surface area contributed by atoms with E-state index in [-0.39, 0.29) is 5.41 Å². The number of benzene rings is 9. The lowest BCUT2D eigenvalue weighted by molar-refractivity contribution is 0.550. The third-order valence-electron chi connectivity index (χ3n) is 13.7. The molecule has 0 radical (unpaired) electrons. The van der Waals surface area contributed by atoms with Crippen LogP contribution in [-0.2, 0) is 10.8 Å². The van der Waals surface area contributed by atoms with Gasteiger partial charge in [-0.05, 0) is 126 Å². The highest BCUT2D eigenvalue weighted by Gasteiger charge is 2.47. The van der Waals surface area contributed by atoms with Gasteiger partial charge in [0, 0.05) is 22.5 Å². The summed E-state index contributed by atoms with van der Waals surface area (Å²) in [4.78, 5) is 2.53. The summed E-state index contributed by atoms with van der Waals surface area (Å²) in [6.07, 6.45) is 4.95. The maximum absolute atomic E-state index is 2.55. The molecule has 9 aromatic carbocycles. The molecule has 3 aliphatic rings. The minimum absolute atomic E-state index is 0.0747. The van der Waals surface area contributed by atoms with Gasteiger partial charge in [0.25, 0.3) is 0 Å². The van der Waals surface area contributed by atoms with E-state index >= 15 is 0 Å². The quantitative estimate of drug-likeness (QED) is 0.160. The average Bonchev–Trinajstić information content (AvgIpc) is 3.97. The van der Waals surface area contributed by atoms with Crippen LogP contribution in [0, 0.1) is 0 Å². The van der Waals surface area contributed by atoms with Crippen molar-refractivity contribution in [2.24, 2.45) is 0 Å². The highest BCUT2D eigenvalue weighted by atomic mass is 15.1. The zero-order valence-electron chi connectivity index (χ0n) is 31.8. The van der Waals surface area contributed by atoms with E-state index in [0.717, 1.165) is 11.4 Å². The van der Waals surface area contributed by atoms with Crippen molar-refractivity contribution in [3.63, 3.8) is 0 Å². The molecule has 0 atom stereocenters. The largest absolute Gasteiger partial charge is 0.310 e. The van der Waals surface area contributed by atoms with Crippen LogP contribution in [0.2, 0.25) is 0 Å². The van der Waals surface area contributed by atoms with E-state index in [1.807, 2.05) is 0 Å². The molecule has 1 spiro atoms. The highest BCUT2D eigenvalue weighted by molar-refractivity contribution is 6.08. The Hall–Kier alpha value is -6.70. The van der Waals surface area contributed by atoms with Gasteiger partial charge < -0.3 is 4.90 Å². The predicted molar refractivity (Wildman–Crippen MR) is 238 cm³/mol. The van der Waals surface area contributed by atoms with Crippen molar-refractivity contribution in [1.29, 1.82) is 0 Å². The summed E-state index contributed by atoms with van der Waals surface area (Å²) < 4.78 is 0. The Bertz CT molecular complexity index is 2980. The molecule has 3 aliphatic carbocycles. The van der Waals surface area contributed by atoms with Gasteiger partial charge in [0.05, 0.1) is 5.41 Å². The minimum atomic E-state index is -0.480. The minimum Gasteiger partial charge on any atom is -0.310 e. The lowest BCUT2D eigenvalue weighted by Gasteiger charge is -2.35. The van der Waals surface area contributed by atoms with E-state index in [1.54, 1.807) is 0 Å². The highest BCUT2D eigenvalue weighted by Crippen LogP contribution is 2.59. The van der Waals surface area contributed by atoms with Gasteiger partial charge in [-0.3, -0.25) is 0 Å². The maximum Gasteiger partial charge on any atom is 0.0714 e. The van der Waals surface area contributed by atoms with Gasteiger partial charge in [-0.2, -0.15) is 0 Å². The lowest BCUT2D eigenvalue weighted by Crippen LogP contribution is -2.28. The molecule has 1 heteroatoms. The summed E-state index contributed by atoms with van der Waals surface area (Å²) >= 11 is 0. The fourth-order valence-electron chi connectivity index (χ4n) is 11.3. The smallest absolute Gasteiger partial charge is 0.0714 e. The zero-order chi connectivity index (χ0) is 37.6. The van der Waals surface area contributed by atoms with E-state index in [0.29, 0.717) is 0 Å². The molecule has 0 aromatic heterocycles. The third-order valence-corrected chi connectivity index (χ3v) is 13.7. The van der Waals surface area contributed by atoms with Crippen molar-refractivity contribution in [3.8, 4) is 22.3 Å². The van der Waals surface area contributed by atoms with Gasteiger partial charge in [0.15, 0.2) is 0 Å². The number of anilines is 3. The van der Waals surface area contributed by atoms with Gasteiger partial charge in [-0.25, -0.2) is 0 Å². The van der Waals surface area contributed by atoms with Crippen LogP contribution >= 0.6 is 0 Å². The van der Waals surface area contributed by atoms with E-state index in [4.69, 9.17) is 0 Å². The molecule has 9 aromatic rings. The summed E-state index contributed by atoms with van der Waals surface area (Å²) in [6.45, 7) is 0. The van der Waals surface area contributed by atoms with Crippen molar-refractivity contribution < 1.29 is 0 Å². The van der Waals surface area contributed by atoms with Crippen molar-refractivity contribution >= 4 is 38.6 Å². The SMILES string of the molecule is c1ccc(C2(c3ccccc3)c3ccccc3-c3ccc(N(c4ccc5c(c4)C4(CCCC4)c4ccccc4-5)c4ccc5c(ccc6ccccc65)c4)cc32)cc1. The molecule has 0 amide bonds. The molecule has 12 rings (SSSR count). The standard InChI is InChI=1S/C56H41N/c1-3-16-40(17-4-1)56(41-18-5-2-6-19-41)52-24-12-10-22-48(52)50-32-29-44(37-54(50)56)57(42-27-30-46-39(35-42)26-25-38-15-7-8-20-45(38)46)43-28-31-49-47-21-9-11-23-51(47)55(53(49)36-43)33-13-14-34-55/h1-12,15-32,35-37H,13-14,33-34H2. The monoisotopic (exact) mass is 727 g/mol. The first-order valence-corrected chi connectivity index (χ1v) is 20.6. The Morgan fingerprint density at radius 2 is 0.825 bits per heavy atom. The number of hydrogen-bond acceptors (Lipinski definition) is 1. The van der Waals surface area contributed by atoms with Crippen LogP contribution in [-0.4, -0.2) is 0 Å². The maximum atomic E-state index is 2.55. The summed E-state index contributed by atoms with van der Waals surface area (Å²) in [5.41, 5.74) is 16.7. The van der Waals surface area contributed by atoms with E-state index in [9.17, 15) is 0 Å². The molecule has 0 N–H and O–H groups in total. The molecule has 270 valence electrons. The Morgan fingerprint density at radius 1 is 0.333 bits per heavy atom. The number of hydrogen-bond donors (Lipinski definition) is 0. The van der Waals surface area contributed by atoms with Crippen LogP contribution in [0.25, 0.3) is 43.8 Å². The van der Waals surface area contributed by atoms with Gasteiger partial charge in [-0.1, -0.05) is 177 Å². The Labute approximate surface area is 334 Å². The molecular weight excluding hydrogens is 687 g/mol. The number of nitrogens with zero attached hydrogens (tertiary/aromatic N) is 1. The fraction of sp³-hybridized carbons (Fsp3) is 0.107. The Kier molecular flexibility index (Phi) is 7.08. The molecule has 1 saturated carbocycles. The van der Waals surface area contributed by atoms with Crippen LogP contribution in [0.15, 0.2) is 200 Å². The van der Waals surface area contributed by atoms with E-state index < -0.39 is 5.41 Å². The normalized spacial score (nSPS) is 15.4. The van der Waals surface area contributed by atoms with Crippen LogP contribution in [0.1, 0.15) is 59.1 Å². The zero-order valence-corrected chi connectivity index (χ0v) is 31.8. The van der Waals surface area contributed by atoms with Gasteiger partial charge in [0.2, 0.25) is 0 Å². The van der Waals surface area contributed by atoms with Gasteiger partial charge >= 0.3 is 0 Å². The van der Waals surface area contributed by atoms with Gasteiger partial charge in [0.1, 0.15) is 0 Å². The molecule has 0 bridgehead atoms. The van der Waals surface area contributed by atoms with Crippen LogP contribution in [0.3, 0.4) is 0 Å². The van der Waals surface area contributed by atoms with E-state index in [2.05, 4.69) is 205 Å². The molecule has 1 nitrogen and oxygen atoms in total. The van der Waals surface area contributed by atoms with Crippen LogP contribution in [0.5, 0.6) is 0 Å². The second kappa shape index (κ2) is 12.4. The third kappa shape index (κ3) is 4.57. The summed E-state index contributed by atoms with van der Waals surface area (Å²) in [5, 5.41) is 5.08. The first-order valence-electron chi connectivity index (χ1n) is 20.6. The first kappa shape index (κ1) is 32.5. The van der Waals surface area contributed by atoms with Crippen LogP contribution < -0.4 is 4.90 Å². The molecule has 57 heavy (non-hydrogen) atoms. The summed E-state index contributed by atoms with van der Waals surface area (Å²) in [6, 6.07) is 75.5. The number of rotatable bonds is 5. The topological polar surface area (TPSA) is 3.24 Å².